The number of hydrogen-bond acceptors (Lipinski definition) is 10. The van der Waals surface area contributed by atoms with E-state index in [4.69, 9.17) is 20.4 Å². The van der Waals surface area contributed by atoms with Crippen LogP contribution >= 0.6 is 7.82 Å². The van der Waals surface area contributed by atoms with Crippen molar-refractivity contribution in [2.75, 3.05) is 6.61 Å². The van der Waals surface area contributed by atoms with Crippen LogP contribution in [-0.2, 0) is 13.9 Å². The van der Waals surface area contributed by atoms with E-state index in [1.165, 1.54) is 96.3 Å². The molecule has 3 saturated carbocycles. The predicted molar refractivity (Wildman–Crippen MR) is 132 cm³/mol. The van der Waals surface area contributed by atoms with E-state index in [-0.39, 0.29) is 0 Å². The van der Waals surface area contributed by atoms with Gasteiger partial charge in [-0.3, -0.25) is 0 Å². The van der Waals surface area contributed by atoms with Crippen LogP contribution in [0.2, 0.25) is 0 Å². The Hall–Kier alpha value is -0.700. The highest BCUT2D eigenvalue weighted by molar-refractivity contribution is 7.43. The minimum Gasteiger partial charge on any atom is -0.790 e. The number of aliphatic hydroxyl groups is 4. The quantitative estimate of drug-likeness (QED) is 0.144. The van der Waals surface area contributed by atoms with Crippen LogP contribution in [0.5, 0.6) is 0 Å². The summed E-state index contributed by atoms with van der Waals surface area (Å²) < 4.78 is 13.6. The molecule has 0 aliphatic heterocycles. The zero-order valence-corrected chi connectivity index (χ0v) is 23.6. The fraction of sp³-hybridized carbons (Fsp3) is 0.958. The topological polar surface area (TPSA) is 276 Å². The summed E-state index contributed by atoms with van der Waals surface area (Å²) in [5.74, 6) is -2.11. The average molecular weight is 574 g/mol. The van der Waals surface area contributed by atoms with Crippen LogP contribution in [-0.4, -0.2) is 75.5 Å². The Kier molecular flexibility index (Phi) is 20.7. The Labute approximate surface area is 226 Å². The number of carboxylic acid groups (broad SMARTS) is 1. The molecule has 3 rings (SSSR count). The molecule has 14 heteroatoms. The van der Waals surface area contributed by atoms with E-state index < -0.39 is 44.8 Å². The first-order valence-corrected chi connectivity index (χ1v) is 15.3. The lowest BCUT2D eigenvalue weighted by molar-refractivity contribution is -0.425. The third kappa shape index (κ3) is 20.2. The van der Waals surface area contributed by atoms with Gasteiger partial charge >= 0.3 is 0 Å². The van der Waals surface area contributed by atoms with Crippen LogP contribution in [0.3, 0.4) is 0 Å². The third-order valence-electron chi connectivity index (χ3n) is 6.89. The van der Waals surface area contributed by atoms with Gasteiger partial charge in [-0.1, -0.05) is 19.3 Å². The van der Waals surface area contributed by atoms with E-state index in [2.05, 4.69) is 21.7 Å². The van der Waals surface area contributed by atoms with Crippen molar-refractivity contribution in [1.29, 1.82) is 0 Å². The second-order valence-corrected chi connectivity index (χ2v) is 11.7. The number of phosphoric ester groups is 1. The van der Waals surface area contributed by atoms with Crippen molar-refractivity contribution < 1.29 is 66.4 Å². The van der Waals surface area contributed by atoms with Gasteiger partial charge in [0, 0.05) is 0 Å². The Balaban J connectivity index is 0.000000533. The van der Waals surface area contributed by atoms with Gasteiger partial charge in [0.1, 0.15) is 24.4 Å². The van der Waals surface area contributed by atoms with Crippen molar-refractivity contribution in [3.63, 3.8) is 0 Å². The van der Waals surface area contributed by atoms with Gasteiger partial charge in [-0.05, 0) is 77.0 Å². The molecule has 0 aromatic carbocycles. The van der Waals surface area contributed by atoms with Crippen molar-refractivity contribution in [1.82, 2.24) is 0 Å². The fourth-order valence-corrected chi connectivity index (χ4v) is 4.72. The molecule has 0 saturated heterocycles. The molecule has 0 spiro atoms. The molecule has 4 atom stereocenters. The maximum absolute atomic E-state index is 10.1. The summed E-state index contributed by atoms with van der Waals surface area (Å²) in [6.07, 6.45) is 12.0. The molecule has 0 amide bonds. The van der Waals surface area contributed by atoms with Crippen LogP contribution in [0.15, 0.2) is 0 Å². The normalized spacial score (nSPS) is 22.7. The lowest BCUT2D eigenvalue weighted by Gasteiger charge is -2.32. The van der Waals surface area contributed by atoms with Crippen molar-refractivity contribution in [2.24, 2.45) is 0 Å². The summed E-state index contributed by atoms with van der Waals surface area (Å²) in [6.45, 7) is -1.19. The highest BCUT2D eigenvalue weighted by Crippen LogP contribution is 2.25. The van der Waals surface area contributed by atoms with Crippen molar-refractivity contribution in [3.05, 3.63) is 0 Å². The Bertz CT molecular complexity index is 601. The molecule has 228 valence electrons. The van der Waals surface area contributed by atoms with Crippen LogP contribution in [0.25, 0.3) is 0 Å². The van der Waals surface area contributed by atoms with E-state index in [9.17, 15) is 24.3 Å². The van der Waals surface area contributed by atoms with Crippen LogP contribution in [0, 0.1) is 0 Å². The minimum atomic E-state index is -5.38. The number of carbonyl (C=O) groups excluding carboxylic acids is 1. The molecule has 3 aliphatic rings. The van der Waals surface area contributed by atoms with Gasteiger partial charge in [0.15, 0.2) is 0 Å². The number of hydrogen-bond donors (Lipinski definition) is 7. The molecular formula is C24H52N3O10P. The molecule has 0 bridgehead atoms. The largest absolute Gasteiger partial charge is 0.790 e. The summed E-state index contributed by atoms with van der Waals surface area (Å²) in [5, 5.41) is 45.9. The van der Waals surface area contributed by atoms with Crippen LogP contribution < -0.4 is 32.1 Å². The molecule has 13 nitrogen and oxygen atoms in total. The smallest absolute Gasteiger partial charge is 0.122 e. The predicted octanol–water partition coefficient (Wildman–Crippen LogP) is -4.29. The molecule has 0 aromatic rings. The number of phosphoric acid groups is 1. The van der Waals surface area contributed by atoms with E-state index >= 15 is 0 Å². The number of quaternary nitrogens is 3. The molecule has 0 radical (unpaired) electrons. The first kappa shape index (κ1) is 37.3. The highest BCUT2D eigenvalue weighted by Gasteiger charge is 2.31. The maximum Gasteiger partial charge on any atom is 0.122 e. The number of carbonyl (C=O) groups is 1. The molecular weight excluding hydrogens is 521 g/mol. The van der Waals surface area contributed by atoms with Crippen LogP contribution in [0.1, 0.15) is 96.3 Å². The maximum atomic E-state index is 10.1. The summed E-state index contributed by atoms with van der Waals surface area (Å²) in [7, 11) is -5.38. The standard InChI is InChI=1S/3C6H13N.C6H13O10P/c3*7-6-4-2-1-3-5-6;7-2(1-16-17(13,14)15)3(8)4(9)5(10)6(11)12/h3*6H,1-5,7H2;2-5,7-10H,1H2,(H,11,12)(H2,13,14,15)/t;;;2-,3-,4+,5-/m...1/s1. The summed E-state index contributed by atoms with van der Waals surface area (Å²) in [6, 6.07) is 2.36. The second-order valence-electron chi connectivity index (χ2n) is 10.6. The average Bonchev–Trinajstić information content (AvgIpc) is 2.88. The molecule has 0 unspecified atom stereocenters. The third-order valence-corrected chi connectivity index (χ3v) is 7.35. The van der Waals surface area contributed by atoms with Crippen molar-refractivity contribution in [3.8, 4) is 0 Å². The Morgan fingerprint density at radius 2 is 1.03 bits per heavy atom. The van der Waals surface area contributed by atoms with Gasteiger partial charge in [0.25, 0.3) is 0 Å². The van der Waals surface area contributed by atoms with Crippen LogP contribution in [0.4, 0.5) is 0 Å². The van der Waals surface area contributed by atoms with Gasteiger partial charge in [-0.2, -0.15) is 0 Å². The molecule has 13 N–H and O–H groups in total. The summed E-state index contributed by atoms with van der Waals surface area (Å²) in [4.78, 5) is 30.1. The number of carboxylic acids is 1. The first-order valence-electron chi connectivity index (χ1n) is 13.8. The first-order chi connectivity index (χ1) is 17.7. The van der Waals surface area contributed by atoms with E-state index in [0.29, 0.717) is 0 Å². The fourth-order valence-electron chi connectivity index (χ4n) is 4.38. The monoisotopic (exact) mass is 573 g/mol. The number of rotatable bonds is 7. The molecule has 0 aromatic heterocycles. The van der Waals surface area contributed by atoms with Gasteiger partial charge in [-0.25, -0.2) is 0 Å². The van der Waals surface area contributed by atoms with Gasteiger partial charge in [0.2, 0.25) is 0 Å². The van der Waals surface area contributed by atoms with Gasteiger partial charge < -0.3 is 66.4 Å². The van der Waals surface area contributed by atoms with E-state index in [1.807, 2.05) is 0 Å². The summed E-state index contributed by atoms with van der Waals surface area (Å²) in [5.41, 5.74) is 12.0. The van der Waals surface area contributed by atoms with E-state index in [1.54, 1.807) is 0 Å². The molecule has 0 heterocycles. The lowest BCUT2D eigenvalue weighted by atomic mass is 9.97. The highest BCUT2D eigenvalue weighted by atomic mass is 31.2. The molecule has 3 fully saturated rings. The number of aliphatic hydroxyl groups excluding tert-OH is 4. The zero-order chi connectivity index (χ0) is 29.1. The molecule has 3 aliphatic carbocycles. The minimum absolute atomic E-state index is 0.786. The number of aliphatic carboxylic acids is 1. The van der Waals surface area contributed by atoms with Gasteiger partial charge in [-0.15, -0.1) is 0 Å². The molecule has 38 heavy (non-hydrogen) atoms. The van der Waals surface area contributed by atoms with Crippen molar-refractivity contribution in [2.45, 2.75) is 139 Å². The van der Waals surface area contributed by atoms with Gasteiger partial charge in [0.05, 0.1) is 38.5 Å². The zero-order valence-electron chi connectivity index (χ0n) is 22.7. The van der Waals surface area contributed by atoms with E-state index in [0.717, 1.165) is 18.1 Å². The Morgan fingerprint density at radius 1 is 0.711 bits per heavy atom. The SMILES string of the molecule is O=C([O-])[C@H](O)[C@@H](O)[C@H](O)[C@H](O)COP(=O)([O-])[O-].[NH3+]C1CCCCC1.[NH3+]C1CCCCC1.[NH3+]C1CCCCC1. The summed E-state index contributed by atoms with van der Waals surface area (Å²) >= 11 is 0. The lowest BCUT2D eigenvalue weighted by Crippen LogP contribution is -2.61. The van der Waals surface area contributed by atoms with Crippen molar-refractivity contribution >= 4 is 13.8 Å². The Morgan fingerprint density at radius 3 is 1.24 bits per heavy atom. The second kappa shape index (κ2) is 21.1.